The number of fused-ring (bicyclic) bond motifs is 10. The summed E-state index contributed by atoms with van der Waals surface area (Å²) in [4.78, 5) is 10.7. The van der Waals surface area contributed by atoms with Crippen LogP contribution in [0.4, 0.5) is 13.2 Å². The number of hydrogen-bond donors (Lipinski definition) is 3. The van der Waals surface area contributed by atoms with Gasteiger partial charge in [-0.3, -0.25) is 0 Å². The summed E-state index contributed by atoms with van der Waals surface area (Å²) in [6, 6.07) is 12.4. The van der Waals surface area contributed by atoms with Crippen molar-refractivity contribution in [1.29, 1.82) is 0 Å². The standard InChI is InChI=1S/C32H26BrF3N6O2/c33-23-6-3-5-20(30(23)36)18-4-1-2-7-29(43)28-16-42(41-40-28)15-22-19-10-11-37-26(19)13-25(35)31(22)44-17-8-9-24(34)21(12-17)32-38-14-27(18)39-32/h3,5-6,8-14,16,18,29,37,43H,1-2,4,7,15H2,(H,38,39). The fourth-order valence-electron chi connectivity index (χ4n) is 5.81. The first-order valence-electron chi connectivity index (χ1n) is 14.2. The number of imidazole rings is 1. The number of aliphatic hydroxyl groups is 1. The van der Waals surface area contributed by atoms with E-state index >= 15 is 13.2 Å². The normalized spacial score (nSPS) is 17.4. The molecular weight excluding hydrogens is 637 g/mol. The number of nitrogens with zero attached hydrogens (tertiary/aromatic N) is 4. The summed E-state index contributed by atoms with van der Waals surface area (Å²) >= 11 is 3.28. The molecule has 0 radical (unpaired) electrons. The van der Waals surface area contributed by atoms with Crippen molar-refractivity contribution < 1.29 is 23.0 Å². The van der Waals surface area contributed by atoms with Gasteiger partial charge in [-0.1, -0.05) is 30.2 Å². The predicted octanol–water partition coefficient (Wildman–Crippen LogP) is 7.91. The van der Waals surface area contributed by atoms with Gasteiger partial charge in [0.2, 0.25) is 0 Å². The molecule has 12 heteroatoms. The fraction of sp³-hybridized carbons (Fsp3) is 0.219. The number of aliphatic hydroxyl groups excluding tert-OH is 1. The largest absolute Gasteiger partial charge is 0.454 e. The molecule has 2 unspecified atom stereocenters. The number of halogens is 4. The van der Waals surface area contributed by atoms with Crippen LogP contribution in [0.3, 0.4) is 0 Å². The summed E-state index contributed by atoms with van der Waals surface area (Å²) in [6.07, 6.45) is 6.28. The highest BCUT2D eigenvalue weighted by Crippen LogP contribution is 2.38. The molecule has 0 saturated heterocycles. The third kappa shape index (κ3) is 5.28. The molecule has 6 aromatic rings. The number of aromatic nitrogens is 6. The summed E-state index contributed by atoms with van der Waals surface area (Å²) in [5.74, 6) is -1.60. The van der Waals surface area contributed by atoms with Gasteiger partial charge in [-0.2, -0.15) is 0 Å². The molecule has 44 heavy (non-hydrogen) atoms. The first-order valence-corrected chi connectivity index (χ1v) is 15.0. The molecule has 3 aromatic heterocycles. The Bertz CT molecular complexity index is 1990. The van der Waals surface area contributed by atoms with Crippen LogP contribution in [0.1, 0.15) is 60.2 Å². The summed E-state index contributed by atoms with van der Waals surface area (Å²) < 4.78 is 54.0. The van der Waals surface area contributed by atoms with E-state index in [1.165, 1.54) is 28.9 Å². The van der Waals surface area contributed by atoms with Gasteiger partial charge in [0, 0.05) is 46.5 Å². The van der Waals surface area contributed by atoms with Crippen LogP contribution in [0.2, 0.25) is 0 Å². The minimum atomic E-state index is -0.870. The predicted molar refractivity (Wildman–Crippen MR) is 161 cm³/mol. The highest BCUT2D eigenvalue weighted by molar-refractivity contribution is 9.10. The monoisotopic (exact) mass is 662 g/mol. The zero-order chi connectivity index (χ0) is 30.4. The van der Waals surface area contributed by atoms with E-state index in [9.17, 15) is 5.11 Å². The molecule has 1 aliphatic rings. The number of aromatic amines is 2. The van der Waals surface area contributed by atoms with Crippen LogP contribution < -0.4 is 4.74 Å². The smallest absolute Gasteiger partial charge is 0.168 e. The second-order valence-corrected chi connectivity index (χ2v) is 11.7. The lowest BCUT2D eigenvalue weighted by Gasteiger charge is -2.18. The summed E-state index contributed by atoms with van der Waals surface area (Å²) in [7, 11) is 0. The number of hydrogen-bond acceptors (Lipinski definition) is 5. The van der Waals surface area contributed by atoms with Crippen LogP contribution in [0.15, 0.2) is 71.6 Å². The van der Waals surface area contributed by atoms with Crippen LogP contribution >= 0.6 is 15.9 Å². The third-order valence-corrected chi connectivity index (χ3v) is 8.66. The first kappa shape index (κ1) is 28.4. The molecule has 0 fully saturated rings. The van der Waals surface area contributed by atoms with Gasteiger partial charge in [0.15, 0.2) is 11.6 Å². The maximum Gasteiger partial charge on any atom is 0.168 e. The maximum atomic E-state index is 15.5. The van der Waals surface area contributed by atoms with Crippen LogP contribution in [0.25, 0.3) is 22.3 Å². The van der Waals surface area contributed by atoms with Crippen molar-refractivity contribution in [1.82, 2.24) is 29.9 Å². The van der Waals surface area contributed by atoms with E-state index < -0.39 is 23.7 Å². The molecule has 3 N–H and O–H groups in total. The van der Waals surface area contributed by atoms with E-state index in [0.717, 1.165) is 0 Å². The Kier molecular flexibility index (Phi) is 7.47. The maximum absolute atomic E-state index is 15.5. The van der Waals surface area contributed by atoms with Crippen molar-refractivity contribution in [2.45, 2.75) is 44.2 Å². The number of H-pyrrole nitrogens is 2. The van der Waals surface area contributed by atoms with Crippen molar-refractivity contribution >= 4 is 26.8 Å². The van der Waals surface area contributed by atoms with Crippen molar-refractivity contribution in [3.8, 4) is 22.9 Å². The summed E-state index contributed by atoms with van der Waals surface area (Å²) in [5.41, 5.74) is 2.65. The van der Waals surface area contributed by atoms with E-state index in [1.54, 1.807) is 36.8 Å². The van der Waals surface area contributed by atoms with Crippen molar-refractivity contribution in [3.63, 3.8) is 0 Å². The van der Waals surface area contributed by atoms with Crippen molar-refractivity contribution in [2.24, 2.45) is 0 Å². The van der Waals surface area contributed by atoms with Crippen LogP contribution in [-0.4, -0.2) is 35.1 Å². The average molecular weight is 663 g/mol. The molecule has 224 valence electrons. The first-order chi connectivity index (χ1) is 21.4. The number of benzene rings is 3. The van der Waals surface area contributed by atoms with Gasteiger partial charge in [-0.25, -0.2) is 22.8 Å². The second-order valence-electron chi connectivity index (χ2n) is 10.9. The number of ether oxygens (including phenoxy) is 1. The fourth-order valence-corrected chi connectivity index (χ4v) is 6.20. The Morgan fingerprint density at radius 2 is 1.89 bits per heavy atom. The molecule has 0 saturated carbocycles. The van der Waals surface area contributed by atoms with Gasteiger partial charge in [0.05, 0.1) is 28.9 Å². The lowest BCUT2D eigenvalue weighted by Crippen LogP contribution is -2.06. The molecule has 2 atom stereocenters. The lowest BCUT2D eigenvalue weighted by molar-refractivity contribution is 0.158. The Balaban J connectivity index is 1.35. The van der Waals surface area contributed by atoms with E-state index in [1.807, 2.05) is 6.07 Å². The second kappa shape index (κ2) is 11.6. The van der Waals surface area contributed by atoms with Crippen molar-refractivity contribution in [2.75, 3.05) is 0 Å². The highest BCUT2D eigenvalue weighted by atomic mass is 79.9. The van der Waals surface area contributed by atoms with E-state index in [2.05, 4.69) is 41.2 Å². The van der Waals surface area contributed by atoms with Crippen LogP contribution in [-0.2, 0) is 6.54 Å². The quantitative estimate of drug-likeness (QED) is 0.166. The molecule has 0 amide bonds. The molecule has 0 aliphatic carbocycles. The topological polar surface area (TPSA) is 105 Å². The summed E-state index contributed by atoms with van der Waals surface area (Å²) in [5, 5.41) is 20.0. The molecular formula is C32H26BrF3N6O2. The Morgan fingerprint density at radius 3 is 2.77 bits per heavy atom. The van der Waals surface area contributed by atoms with Gasteiger partial charge >= 0.3 is 0 Å². The van der Waals surface area contributed by atoms with Crippen LogP contribution in [0.5, 0.6) is 11.5 Å². The minimum absolute atomic E-state index is 0.0458. The Labute approximate surface area is 258 Å². The highest BCUT2D eigenvalue weighted by Gasteiger charge is 2.24. The van der Waals surface area contributed by atoms with E-state index in [-0.39, 0.29) is 35.2 Å². The van der Waals surface area contributed by atoms with Gasteiger partial charge in [-0.15, -0.1) is 5.10 Å². The Morgan fingerprint density at radius 1 is 1.02 bits per heavy atom. The summed E-state index contributed by atoms with van der Waals surface area (Å²) in [6.45, 7) is 0.108. The number of rotatable bonds is 1. The molecule has 3 aromatic carbocycles. The van der Waals surface area contributed by atoms with Gasteiger partial charge in [-0.05, 0) is 64.7 Å². The lowest BCUT2D eigenvalue weighted by atomic mass is 9.90. The molecule has 4 heterocycles. The molecule has 1 aliphatic heterocycles. The zero-order valence-corrected chi connectivity index (χ0v) is 24.8. The van der Waals surface area contributed by atoms with Crippen molar-refractivity contribution in [3.05, 3.63) is 112 Å². The van der Waals surface area contributed by atoms with Gasteiger partial charge in [0.1, 0.15) is 28.9 Å². The molecule has 8 nitrogen and oxygen atoms in total. The zero-order valence-electron chi connectivity index (χ0n) is 23.2. The van der Waals surface area contributed by atoms with Crippen LogP contribution in [0, 0.1) is 17.5 Å². The average Bonchev–Trinajstić information content (AvgIpc) is 3.78. The SMILES string of the molecule is OC1CCCCC(c2cccc(Br)c2F)c2cnc([nH]2)-c2cc(ccc2F)Oc2c(F)cc3[nH]ccc3c2Cn2cc1nn2. The van der Waals surface area contributed by atoms with Gasteiger partial charge < -0.3 is 19.8 Å². The number of nitrogens with one attached hydrogen (secondary N) is 2. The van der Waals surface area contributed by atoms with Gasteiger partial charge in [0.25, 0.3) is 0 Å². The van der Waals surface area contributed by atoms with E-state index in [4.69, 9.17) is 4.74 Å². The minimum Gasteiger partial charge on any atom is -0.454 e. The third-order valence-electron chi connectivity index (χ3n) is 8.05. The molecule has 7 rings (SSSR count). The molecule has 6 bridgehead atoms. The Hall–Kier alpha value is -4.42. The van der Waals surface area contributed by atoms with E-state index in [0.29, 0.717) is 63.6 Å². The molecule has 0 spiro atoms.